The molecule has 0 radical (unpaired) electrons. The zero-order valence-corrected chi connectivity index (χ0v) is 24.8. The first kappa shape index (κ1) is 34.1. The van der Waals surface area contributed by atoms with Crippen molar-refractivity contribution in [3.63, 3.8) is 0 Å². The van der Waals surface area contributed by atoms with Crippen LogP contribution in [0, 0.1) is 5.82 Å². The largest absolute Gasteiger partial charge is 0.488 e. The number of carboxylic acid groups (broad SMARTS) is 1. The lowest BCUT2D eigenvalue weighted by atomic mass is 9.90. The second-order valence-electron chi connectivity index (χ2n) is 10.4. The molecule has 12 heteroatoms. The van der Waals surface area contributed by atoms with E-state index in [1.165, 1.54) is 11.6 Å². The van der Waals surface area contributed by atoms with E-state index in [2.05, 4.69) is 27.5 Å². The number of carbonyl (C=O) groups is 1. The van der Waals surface area contributed by atoms with E-state index in [1.807, 2.05) is 0 Å². The molecule has 2 N–H and O–H groups in total. The summed E-state index contributed by atoms with van der Waals surface area (Å²) in [6.07, 6.45) is 7.74. The maximum atomic E-state index is 14.8. The second-order valence-corrected chi connectivity index (χ2v) is 10.4. The van der Waals surface area contributed by atoms with Crippen molar-refractivity contribution in [2.75, 3.05) is 64.7 Å². The molecule has 43 heavy (non-hydrogen) atoms. The molecule has 3 rings (SSSR count). The van der Waals surface area contributed by atoms with Crippen molar-refractivity contribution >= 4 is 11.8 Å². The molecule has 11 nitrogen and oxygen atoms in total. The monoisotopic (exact) mass is 601 g/mol. The number of azide groups is 1. The van der Waals surface area contributed by atoms with Crippen LogP contribution in [0.3, 0.4) is 0 Å². The maximum Gasteiger partial charge on any atom is 0.303 e. The number of aromatic nitrogens is 1. The predicted molar refractivity (Wildman–Crippen MR) is 161 cm³/mol. The SMILES string of the molecule is [N-]=[N+]=NCCOCCOCCOCCOc1ccc([C@@H](CCCCCCc2ccc3c(n2)NCCC3)CC(=O)O)cc1F. The Balaban J connectivity index is 1.29. The third kappa shape index (κ3) is 13.6. The van der Waals surface area contributed by atoms with Crippen LogP contribution in [0.15, 0.2) is 35.4 Å². The van der Waals surface area contributed by atoms with Gasteiger partial charge in [-0.2, -0.15) is 0 Å². The Hall–Kier alpha value is -3.44. The van der Waals surface area contributed by atoms with Crippen LogP contribution in [0.2, 0.25) is 0 Å². The smallest absolute Gasteiger partial charge is 0.303 e. The summed E-state index contributed by atoms with van der Waals surface area (Å²) >= 11 is 0. The number of fused-ring (bicyclic) bond motifs is 1. The summed E-state index contributed by atoms with van der Waals surface area (Å²) < 4.78 is 36.3. The van der Waals surface area contributed by atoms with Crippen LogP contribution >= 0.6 is 0 Å². The number of rotatable bonds is 23. The lowest BCUT2D eigenvalue weighted by Crippen LogP contribution is -2.14. The van der Waals surface area contributed by atoms with Gasteiger partial charge in [-0.1, -0.05) is 36.5 Å². The van der Waals surface area contributed by atoms with Gasteiger partial charge >= 0.3 is 5.97 Å². The number of benzene rings is 1. The summed E-state index contributed by atoms with van der Waals surface area (Å²) in [5.41, 5.74) is 11.2. The van der Waals surface area contributed by atoms with E-state index in [0.29, 0.717) is 51.6 Å². The Labute approximate surface area is 252 Å². The molecule has 0 spiro atoms. The highest BCUT2D eigenvalue weighted by Gasteiger charge is 2.18. The minimum atomic E-state index is -0.892. The molecule has 0 fully saturated rings. The van der Waals surface area contributed by atoms with Gasteiger partial charge in [0.25, 0.3) is 0 Å². The van der Waals surface area contributed by atoms with Gasteiger partial charge in [-0.05, 0) is 72.9 Å². The molecular weight excluding hydrogens is 557 g/mol. The Bertz CT molecular complexity index is 1160. The van der Waals surface area contributed by atoms with Gasteiger partial charge < -0.3 is 29.4 Å². The first-order valence-corrected chi connectivity index (χ1v) is 15.2. The van der Waals surface area contributed by atoms with Crippen LogP contribution in [0.5, 0.6) is 5.75 Å². The van der Waals surface area contributed by atoms with E-state index < -0.39 is 11.8 Å². The normalized spacial score (nSPS) is 13.0. The van der Waals surface area contributed by atoms with Crippen molar-refractivity contribution in [1.29, 1.82) is 0 Å². The molecule has 0 unspecified atom stereocenters. The molecule has 0 bridgehead atoms. The summed E-state index contributed by atoms with van der Waals surface area (Å²) in [7, 11) is 0. The molecule has 0 amide bonds. The highest BCUT2D eigenvalue weighted by molar-refractivity contribution is 5.68. The van der Waals surface area contributed by atoms with Gasteiger partial charge in [-0.25, -0.2) is 9.37 Å². The van der Waals surface area contributed by atoms with Crippen LogP contribution in [0.4, 0.5) is 10.2 Å². The molecule has 0 saturated heterocycles. The minimum absolute atomic E-state index is 0.0382. The van der Waals surface area contributed by atoms with Gasteiger partial charge in [-0.3, -0.25) is 4.79 Å². The van der Waals surface area contributed by atoms with Gasteiger partial charge in [0.05, 0.1) is 46.1 Å². The first-order valence-electron chi connectivity index (χ1n) is 15.2. The topological polar surface area (TPSA) is 148 Å². The number of hydrogen-bond acceptors (Lipinski definition) is 8. The van der Waals surface area contributed by atoms with E-state index in [9.17, 15) is 14.3 Å². The number of nitrogens with zero attached hydrogens (tertiary/aromatic N) is 4. The van der Waals surface area contributed by atoms with Crippen molar-refractivity contribution < 1.29 is 33.2 Å². The molecule has 1 aliphatic heterocycles. The van der Waals surface area contributed by atoms with Crippen molar-refractivity contribution in [2.24, 2.45) is 5.11 Å². The number of carboxylic acids is 1. The van der Waals surface area contributed by atoms with Crippen molar-refractivity contribution in [3.8, 4) is 5.75 Å². The van der Waals surface area contributed by atoms with Gasteiger partial charge in [0.1, 0.15) is 12.4 Å². The minimum Gasteiger partial charge on any atom is -0.488 e. The number of unbranched alkanes of at least 4 members (excludes halogenated alkanes) is 3. The van der Waals surface area contributed by atoms with Crippen molar-refractivity contribution in [1.82, 2.24) is 4.98 Å². The van der Waals surface area contributed by atoms with Gasteiger partial charge in [-0.15, -0.1) is 0 Å². The molecule has 1 aromatic heterocycles. The molecule has 1 aromatic carbocycles. The number of halogens is 1. The number of aryl methyl sites for hydroxylation is 2. The Kier molecular flexibility index (Phi) is 16.2. The van der Waals surface area contributed by atoms with Crippen molar-refractivity contribution in [2.45, 2.75) is 63.7 Å². The molecule has 1 aliphatic rings. The second kappa shape index (κ2) is 20.5. The van der Waals surface area contributed by atoms with Crippen molar-refractivity contribution in [3.05, 3.63) is 63.4 Å². The van der Waals surface area contributed by atoms with Gasteiger partial charge in [0.2, 0.25) is 0 Å². The number of aliphatic carboxylic acids is 1. The number of nitrogens with one attached hydrogen (secondary N) is 1. The summed E-state index contributed by atoms with van der Waals surface area (Å²) in [6.45, 7) is 3.63. The zero-order valence-electron chi connectivity index (χ0n) is 24.8. The average Bonchev–Trinajstić information content (AvgIpc) is 3.01. The molecule has 0 aliphatic carbocycles. The number of hydrogen-bond donors (Lipinski definition) is 2. The van der Waals surface area contributed by atoms with Gasteiger partial charge in [0, 0.05) is 23.7 Å². The molecular formula is C31H44FN5O6. The number of anilines is 1. The van der Waals surface area contributed by atoms with E-state index in [1.54, 1.807) is 12.1 Å². The Morgan fingerprint density at radius 3 is 2.51 bits per heavy atom. The lowest BCUT2D eigenvalue weighted by Gasteiger charge is -2.17. The molecule has 236 valence electrons. The maximum absolute atomic E-state index is 14.8. The third-order valence-corrected chi connectivity index (χ3v) is 7.16. The molecule has 1 atom stereocenters. The summed E-state index contributed by atoms with van der Waals surface area (Å²) in [4.78, 5) is 18.9. The summed E-state index contributed by atoms with van der Waals surface area (Å²) in [6, 6.07) is 9.01. The Morgan fingerprint density at radius 1 is 1.02 bits per heavy atom. The first-order chi connectivity index (χ1) is 21.1. The third-order valence-electron chi connectivity index (χ3n) is 7.16. The number of pyridine rings is 1. The van der Waals surface area contributed by atoms with E-state index in [4.69, 9.17) is 29.5 Å². The summed E-state index contributed by atoms with van der Waals surface area (Å²) in [5.74, 6) is -0.519. The van der Waals surface area contributed by atoms with Crippen LogP contribution < -0.4 is 10.1 Å². The van der Waals surface area contributed by atoms with E-state index in [-0.39, 0.29) is 31.3 Å². The predicted octanol–water partition coefficient (Wildman–Crippen LogP) is 6.07. The highest BCUT2D eigenvalue weighted by Crippen LogP contribution is 2.30. The average molecular weight is 602 g/mol. The van der Waals surface area contributed by atoms with Crippen LogP contribution in [0.1, 0.15) is 67.7 Å². The molecule has 0 saturated carbocycles. The molecule has 2 heterocycles. The summed E-state index contributed by atoms with van der Waals surface area (Å²) in [5, 5.41) is 16.2. The number of ether oxygens (including phenoxy) is 4. The fraction of sp³-hybridized carbons (Fsp3) is 0.613. The fourth-order valence-electron chi connectivity index (χ4n) is 4.95. The van der Waals surface area contributed by atoms with E-state index in [0.717, 1.165) is 63.0 Å². The van der Waals surface area contributed by atoms with E-state index >= 15 is 0 Å². The highest BCUT2D eigenvalue weighted by atomic mass is 19.1. The van der Waals surface area contributed by atoms with Crippen LogP contribution in [-0.2, 0) is 31.8 Å². The Morgan fingerprint density at radius 2 is 1.77 bits per heavy atom. The fourth-order valence-corrected chi connectivity index (χ4v) is 4.95. The zero-order chi connectivity index (χ0) is 30.5. The van der Waals surface area contributed by atoms with Crippen LogP contribution in [0.25, 0.3) is 10.4 Å². The van der Waals surface area contributed by atoms with Crippen LogP contribution in [-0.4, -0.2) is 75.4 Å². The molecule has 2 aromatic rings. The van der Waals surface area contributed by atoms with Gasteiger partial charge in [0.15, 0.2) is 11.6 Å². The standard InChI is InChI=1S/C31H44FN5O6/c32-28-22-26(10-12-29(28)43-21-20-42-19-18-41-17-16-40-15-14-35-37-33)25(23-30(38)39)6-3-1-2-4-8-27-11-9-24-7-5-13-34-31(24)36-27/h9-12,22,25H,1-8,13-21,23H2,(H,34,36)(H,38,39)/t25-/m0/s1. The lowest BCUT2D eigenvalue weighted by molar-refractivity contribution is -0.137. The quantitative estimate of drug-likeness (QED) is 0.0675.